The second-order valence-electron chi connectivity index (χ2n) is 3.80. The first-order chi connectivity index (χ1) is 8.21. The minimum Gasteiger partial charge on any atom is -0.465 e. The van der Waals surface area contributed by atoms with E-state index in [0.29, 0.717) is 0 Å². The van der Waals surface area contributed by atoms with Crippen LogP contribution in [0.15, 0.2) is 15.2 Å². The molecule has 1 aromatic heterocycles. The van der Waals surface area contributed by atoms with Crippen molar-refractivity contribution in [3.63, 3.8) is 0 Å². The first-order valence-electron chi connectivity index (χ1n) is 5.01. The molecular weight excluding hydrogens is 296 g/mol. The molecule has 0 bridgehead atoms. The van der Waals surface area contributed by atoms with E-state index in [1.165, 1.54) is 33.3 Å². The Morgan fingerprint density at radius 1 is 1.44 bits per heavy atom. The molecule has 0 aliphatic carbocycles. The van der Waals surface area contributed by atoms with Crippen molar-refractivity contribution in [1.82, 2.24) is 0 Å². The van der Waals surface area contributed by atoms with Crippen LogP contribution in [-0.4, -0.2) is 37.2 Å². The highest BCUT2D eigenvalue weighted by Crippen LogP contribution is 2.31. The molecule has 0 aromatic carbocycles. The third kappa shape index (κ3) is 2.81. The number of thiophene rings is 1. The summed E-state index contributed by atoms with van der Waals surface area (Å²) in [6.07, 6.45) is 1.38. The van der Waals surface area contributed by atoms with Gasteiger partial charge in [-0.25, -0.2) is 13.2 Å². The van der Waals surface area contributed by atoms with E-state index in [1.807, 2.05) is 0 Å². The number of hydrogen-bond acceptors (Lipinski definition) is 6. The highest BCUT2D eigenvalue weighted by molar-refractivity contribution is 7.93. The van der Waals surface area contributed by atoms with Gasteiger partial charge in [0, 0.05) is 6.26 Å². The highest BCUT2D eigenvalue weighted by atomic mass is 32.2. The molecule has 1 aromatic rings. The zero-order valence-corrected chi connectivity index (χ0v) is 12.9. The second-order valence-corrected chi connectivity index (χ2v) is 8.90. The Balaban J connectivity index is 3.49. The van der Waals surface area contributed by atoms with Crippen LogP contribution in [0, 0.1) is 0 Å². The summed E-state index contributed by atoms with van der Waals surface area (Å²) in [5.74, 6) is -0.628. The van der Waals surface area contributed by atoms with Crippen molar-refractivity contribution in [1.29, 1.82) is 0 Å². The lowest BCUT2D eigenvalue weighted by Gasteiger charge is -2.06. The third-order valence-corrected chi connectivity index (χ3v) is 7.28. The van der Waals surface area contributed by atoms with E-state index in [0.717, 1.165) is 11.3 Å². The van der Waals surface area contributed by atoms with E-state index in [1.54, 1.807) is 0 Å². The van der Waals surface area contributed by atoms with Crippen LogP contribution in [0.25, 0.3) is 0 Å². The number of carbonyl (C=O) groups is 1. The summed E-state index contributed by atoms with van der Waals surface area (Å²) in [5, 5.41) is -0.639. The summed E-state index contributed by atoms with van der Waals surface area (Å²) in [7, 11) is -3.82. The van der Waals surface area contributed by atoms with E-state index >= 15 is 0 Å². The van der Waals surface area contributed by atoms with Crippen molar-refractivity contribution in [2.24, 2.45) is 0 Å². The van der Waals surface area contributed by atoms with Crippen LogP contribution in [0.2, 0.25) is 0 Å². The van der Waals surface area contributed by atoms with Gasteiger partial charge in [0.15, 0.2) is 9.84 Å². The van der Waals surface area contributed by atoms with Crippen LogP contribution in [0.1, 0.15) is 23.5 Å². The van der Waals surface area contributed by atoms with Crippen molar-refractivity contribution >= 4 is 37.9 Å². The van der Waals surface area contributed by atoms with Crippen LogP contribution in [0.5, 0.6) is 0 Å². The van der Waals surface area contributed by atoms with Gasteiger partial charge < -0.3 is 4.74 Å². The molecule has 0 aliphatic heterocycles. The van der Waals surface area contributed by atoms with E-state index in [4.69, 9.17) is 0 Å². The van der Waals surface area contributed by atoms with Gasteiger partial charge in [-0.3, -0.25) is 4.21 Å². The molecule has 0 spiro atoms. The Morgan fingerprint density at radius 2 is 2.00 bits per heavy atom. The van der Waals surface area contributed by atoms with Crippen molar-refractivity contribution in [2.75, 3.05) is 13.4 Å². The van der Waals surface area contributed by atoms with Gasteiger partial charge in [0.25, 0.3) is 0 Å². The fourth-order valence-electron chi connectivity index (χ4n) is 1.21. The molecule has 1 heterocycles. The van der Waals surface area contributed by atoms with E-state index in [2.05, 4.69) is 4.74 Å². The van der Waals surface area contributed by atoms with Gasteiger partial charge in [-0.1, -0.05) is 0 Å². The Labute approximate surface area is 113 Å². The number of methoxy groups -OCH3 is 1. The predicted molar refractivity (Wildman–Crippen MR) is 70.3 cm³/mol. The first-order valence-corrected chi connectivity index (χ1v) is 8.93. The van der Waals surface area contributed by atoms with Crippen molar-refractivity contribution < 1.29 is 22.2 Å². The minimum atomic E-state index is -3.56. The van der Waals surface area contributed by atoms with Crippen molar-refractivity contribution in [3.05, 3.63) is 10.9 Å². The quantitative estimate of drug-likeness (QED) is 0.787. The van der Waals surface area contributed by atoms with Crippen LogP contribution >= 0.6 is 11.3 Å². The summed E-state index contributed by atoms with van der Waals surface area (Å²) in [6, 6.07) is 1.24. The van der Waals surface area contributed by atoms with Gasteiger partial charge in [-0.15, -0.1) is 11.3 Å². The molecular formula is C10H14O5S3. The normalized spacial score (nSPS) is 13.6. The number of sulfone groups is 1. The van der Waals surface area contributed by atoms with E-state index < -0.39 is 31.9 Å². The molecule has 0 fully saturated rings. The zero-order valence-electron chi connectivity index (χ0n) is 10.4. The Morgan fingerprint density at radius 3 is 2.39 bits per heavy atom. The predicted octanol–water partition coefficient (Wildman–Crippen LogP) is 1.45. The van der Waals surface area contributed by atoms with Gasteiger partial charge in [0.2, 0.25) is 0 Å². The first kappa shape index (κ1) is 15.3. The Kier molecular flexibility index (Phi) is 4.68. The van der Waals surface area contributed by atoms with Gasteiger partial charge >= 0.3 is 5.97 Å². The summed E-state index contributed by atoms with van der Waals surface area (Å²) in [4.78, 5) is 11.5. The molecule has 0 saturated heterocycles. The van der Waals surface area contributed by atoms with Gasteiger partial charge in [-0.2, -0.15) is 0 Å². The lowest BCUT2D eigenvalue weighted by atomic mass is 10.5. The van der Waals surface area contributed by atoms with E-state index in [-0.39, 0.29) is 14.0 Å². The molecule has 102 valence electrons. The van der Waals surface area contributed by atoms with Gasteiger partial charge in [-0.05, 0) is 19.9 Å². The largest absolute Gasteiger partial charge is 0.465 e. The Bertz CT molecular complexity index is 583. The number of esters is 1. The highest BCUT2D eigenvalue weighted by Gasteiger charge is 2.28. The number of carbonyl (C=O) groups excluding carboxylic acids is 1. The zero-order chi connectivity index (χ0) is 14.1. The third-order valence-electron chi connectivity index (χ3n) is 2.24. The fraction of sp³-hybridized carbons (Fsp3) is 0.500. The second kappa shape index (κ2) is 5.50. The summed E-state index contributed by atoms with van der Waals surface area (Å²) in [5.41, 5.74) is 0. The molecule has 0 aliphatic rings. The molecule has 0 N–H and O–H groups in total. The topological polar surface area (TPSA) is 77.5 Å². The number of hydrogen-bond donors (Lipinski definition) is 0. The maximum absolute atomic E-state index is 12.1. The molecule has 8 heteroatoms. The SMILES string of the molecule is COC(=O)c1cc(S(=O)(=O)C(C)C)c([S@](C)=O)s1. The standard InChI is InChI=1S/C10H14O5S3/c1-6(2)18(13,14)8-5-7(9(11)15-3)16-10(8)17(4)12/h5-6H,1-4H3/t17-/m0/s1. The monoisotopic (exact) mass is 310 g/mol. The minimum absolute atomic E-state index is 0.0382. The molecule has 5 nitrogen and oxygen atoms in total. The smallest absolute Gasteiger partial charge is 0.348 e. The van der Waals surface area contributed by atoms with Crippen LogP contribution < -0.4 is 0 Å². The average Bonchev–Trinajstić information content (AvgIpc) is 2.73. The van der Waals surface area contributed by atoms with E-state index in [9.17, 15) is 17.4 Å². The molecule has 0 saturated carbocycles. The van der Waals surface area contributed by atoms with Crippen LogP contribution in [0.4, 0.5) is 0 Å². The Hall–Kier alpha value is -0.730. The molecule has 0 unspecified atom stereocenters. The van der Waals surface area contributed by atoms with Crippen molar-refractivity contribution in [3.8, 4) is 0 Å². The van der Waals surface area contributed by atoms with Crippen molar-refractivity contribution in [2.45, 2.75) is 28.2 Å². The molecule has 18 heavy (non-hydrogen) atoms. The van der Waals surface area contributed by atoms with Crippen LogP contribution in [-0.2, 0) is 25.4 Å². The maximum Gasteiger partial charge on any atom is 0.348 e. The summed E-state index contributed by atoms with van der Waals surface area (Å²) >= 11 is 0.891. The molecule has 0 radical (unpaired) electrons. The molecule has 1 rings (SSSR count). The molecule has 0 amide bonds. The number of ether oxygens (including phenoxy) is 1. The summed E-state index contributed by atoms with van der Waals surface area (Å²) in [6.45, 7) is 3.07. The number of rotatable bonds is 4. The average molecular weight is 310 g/mol. The van der Waals surface area contributed by atoms with Gasteiger partial charge in [0.1, 0.15) is 9.09 Å². The van der Waals surface area contributed by atoms with Crippen LogP contribution in [0.3, 0.4) is 0 Å². The molecule has 1 atom stereocenters. The maximum atomic E-state index is 12.1. The fourth-order valence-corrected chi connectivity index (χ4v) is 5.27. The summed E-state index contributed by atoms with van der Waals surface area (Å²) < 4.78 is 40.5. The van der Waals surface area contributed by atoms with Gasteiger partial charge in [0.05, 0.1) is 28.1 Å². The lowest BCUT2D eigenvalue weighted by Crippen LogP contribution is -2.14. The lowest BCUT2D eigenvalue weighted by molar-refractivity contribution is 0.0606.